The van der Waals surface area contributed by atoms with Crippen LogP contribution in [0.15, 0.2) is 35.5 Å². The Morgan fingerprint density at radius 3 is 2.59 bits per heavy atom. The van der Waals surface area contributed by atoms with Crippen molar-refractivity contribution < 1.29 is 9.59 Å². The minimum Gasteiger partial charge on any atom is -0.305 e. The Hall–Kier alpha value is -1.85. The van der Waals surface area contributed by atoms with Gasteiger partial charge in [-0.3, -0.25) is 14.5 Å². The molecule has 1 heterocycles. The van der Waals surface area contributed by atoms with Crippen molar-refractivity contribution in [2.45, 2.75) is 19.9 Å². The minimum absolute atomic E-state index is 0.0139. The van der Waals surface area contributed by atoms with E-state index in [-0.39, 0.29) is 17.7 Å². The fraction of sp³-hybridized carbons (Fsp3) is 0.375. The van der Waals surface area contributed by atoms with Gasteiger partial charge in [-0.2, -0.15) is 0 Å². The number of ketones is 1. The molecule has 118 valence electrons. The maximum absolute atomic E-state index is 11.9. The number of hydrogen-bond acceptors (Lipinski definition) is 5. The third-order valence-electron chi connectivity index (χ3n) is 4.12. The SMILES string of the molecule is CC(NNc1ccc(Cl)cc1)=C1CN(C)C(C)C1C(=O)C=O. The number of hydrazine groups is 1. The monoisotopic (exact) mass is 321 g/mol. The highest BCUT2D eigenvalue weighted by molar-refractivity contribution is 6.30. The fourth-order valence-electron chi connectivity index (χ4n) is 2.67. The first-order chi connectivity index (χ1) is 10.4. The van der Waals surface area contributed by atoms with Gasteiger partial charge in [-0.15, -0.1) is 0 Å². The van der Waals surface area contributed by atoms with Crippen LogP contribution in [-0.2, 0) is 9.59 Å². The molecule has 0 saturated carbocycles. The second-order valence-electron chi connectivity index (χ2n) is 5.56. The Balaban J connectivity index is 2.14. The number of nitrogens with one attached hydrogen (secondary N) is 2. The molecule has 5 nitrogen and oxygen atoms in total. The molecule has 1 fully saturated rings. The van der Waals surface area contributed by atoms with E-state index in [0.29, 0.717) is 17.9 Å². The van der Waals surface area contributed by atoms with E-state index < -0.39 is 0 Å². The lowest BCUT2D eigenvalue weighted by atomic mass is 9.91. The minimum atomic E-state index is -0.387. The number of halogens is 1. The lowest BCUT2D eigenvalue weighted by Crippen LogP contribution is -2.31. The lowest BCUT2D eigenvalue weighted by Gasteiger charge is -2.18. The largest absolute Gasteiger partial charge is 0.305 e. The normalized spacial score (nSPS) is 24.0. The summed E-state index contributed by atoms with van der Waals surface area (Å²) in [6.07, 6.45) is 0.417. The number of aldehydes is 1. The Kier molecular flexibility index (Phi) is 5.21. The second-order valence-corrected chi connectivity index (χ2v) is 6.00. The van der Waals surface area contributed by atoms with Gasteiger partial charge in [0.2, 0.25) is 5.78 Å². The average Bonchev–Trinajstić information content (AvgIpc) is 2.81. The van der Waals surface area contributed by atoms with Crippen molar-refractivity contribution in [3.05, 3.63) is 40.6 Å². The van der Waals surface area contributed by atoms with Crippen molar-refractivity contribution in [1.82, 2.24) is 10.3 Å². The Morgan fingerprint density at radius 1 is 1.36 bits per heavy atom. The first-order valence-corrected chi connectivity index (χ1v) is 7.48. The molecule has 1 saturated heterocycles. The molecule has 2 rings (SSSR count). The molecule has 0 amide bonds. The molecule has 1 aliphatic rings. The quantitative estimate of drug-likeness (QED) is 0.495. The van der Waals surface area contributed by atoms with Gasteiger partial charge < -0.3 is 10.9 Å². The van der Waals surface area contributed by atoms with Gasteiger partial charge in [0.25, 0.3) is 0 Å². The predicted molar refractivity (Wildman–Crippen MR) is 87.6 cm³/mol. The summed E-state index contributed by atoms with van der Waals surface area (Å²) in [5.74, 6) is -0.762. The molecule has 1 aromatic carbocycles. The number of carbonyl (C=O) groups excluding carboxylic acids is 2. The van der Waals surface area contributed by atoms with Crippen LogP contribution in [0.4, 0.5) is 5.69 Å². The first kappa shape index (κ1) is 16.5. The number of nitrogens with zero attached hydrogens (tertiary/aromatic N) is 1. The molecule has 2 unspecified atom stereocenters. The number of likely N-dealkylation sites (tertiary alicyclic amines) is 1. The molecule has 0 bridgehead atoms. The van der Waals surface area contributed by atoms with E-state index in [9.17, 15) is 9.59 Å². The zero-order valence-corrected chi connectivity index (χ0v) is 13.6. The molecule has 0 spiro atoms. The molecule has 22 heavy (non-hydrogen) atoms. The molecule has 0 aliphatic carbocycles. The molecule has 2 atom stereocenters. The van der Waals surface area contributed by atoms with Crippen molar-refractivity contribution in [3.63, 3.8) is 0 Å². The van der Waals surface area contributed by atoms with Crippen molar-refractivity contribution in [2.75, 3.05) is 19.0 Å². The van der Waals surface area contributed by atoms with Crippen molar-refractivity contribution in [1.29, 1.82) is 0 Å². The van der Waals surface area contributed by atoms with Crippen LogP contribution in [0, 0.1) is 5.92 Å². The Bertz CT molecular complexity index is 598. The lowest BCUT2D eigenvalue weighted by molar-refractivity contribution is -0.132. The standard InChI is InChI=1S/C16H20ClN3O2/c1-10(18-19-13-6-4-12(17)5-7-13)14-8-20(3)11(2)16(14)15(22)9-21/h4-7,9,11,16,18-19H,8H2,1-3H3. The topological polar surface area (TPSA) is 61.4 Å². The summed E-state index contributed by atoms with van der Waals surface area (Å²) < 4.78 is 0. The van der Waals surface area contributed by atoms with Gasteiger partial charge in [-0.25, -0.2) is 0 Å². The zero-order valence-electron chi connectivity index (χ0n) is 12.9. The van der Waals surface area contributed by atoms with Crippen LogP contribution in [0.3, 0.4) is 0 Å². The van der Waals surface area contributed by atoms with Gasteiger partial charge in [-0.05, 0) is 50.7 Å². The van der Waals surface area contributed by atoms with Crippen molar-refractivity contribution in [2.24, 2.45) is 5.92 Å². The van der Waals surface area contributed by atoms with Gasteiger partial charge in [0, 0.05) is 23.3 Å². The number of Topliss-reactive ketones (excluding diaryl/α,β-unsaturated/α-hetero) is 1. The first-order valence-electron chi connectivity index (χ1n) is 7.10. The number of carbonyl (C=O) groups is 2. The van der Waals surface area contributed by atoms with Crippen LogP contribution in [0.1, 0.15) is 13.8 Å². The van der Waals surface area contributed by atoms with Crippen LogP contribution in [0.25, 0.3) is 0 Å². The highest BCUT2D eigenvalue weighted by atomic mass is 35.5. The van der Waals surface area contributed by atoms with E-state index in [1.165, 1.54) is 0 Å². The van der Waals surface area contributed by atoms with Gasteiger partial charge >= 0.3 is 0 Å². The predicted octanol–water partition coefficient (Wildman–Crippen LogP) is 2.25. The van der Waals surface area contributed by atoms with Crippen LogP contribution in [-0.4, -0.2) is 36.6 Å². The molecular formula is C16H20ClN3O2. The number of hydrogen-bond donors (Lipinski definition) is 2. The molecule has 6 heteroatoms. The van der Waals surface area contributed by atoms with Gasteiger partial charge in [0.15, 0.2) is 6.29 Å². The van der Waals surface area contributed by atoms with Gasteiger partial charge in [-0.1, -0.05) is 11.6 Å². The van der Waals surface area contributed by atoms with E-state index in [4.69, 9.17) is 11.6 Å². The third kappa shape index (κ3) is 3.48. The summed E-state index contributed by atoms with van der Waals surface area (Å²) in [5, 5.41) is 0.670. The zero-order chi connectivity index (χ0) is 16.3. The van der Waals surface area contributed by atoms with Crippen molar-refractivity contribution in [3.8, 4) is 0 Å². The summed E-state index contributed by atoms with van der Waals surface area (Å²) in [5.41, 5.74) is 8.83. The molecule has 1 aromatic rings. The molecule has 0 aromatic heterocycles. The van der Waals surface area contributed by atoms with E-state index in [0.717, 1.165) is 17.0 Å². The number of allylic oxidation sites excluding steroid dienone is 1. The highest BCUT2D eigenvalue weighted by Gasteiger charge is 2.38. The summed E-state index contributed by atoms with van der Waals surface area (Å²) in [6.45, 7) is 4.51. The molecular weight excluding hydrogens is 302 g/mol. The Morgan fingerprint density at radius 2 is 2.00 bits per heavy atom. The van der Waals surface area contributed by atoms with E-state index in [2.05, 4.69) is 15.8 Å². The number of rotatable bonds is 5. The second kappa shape index (κ2) is 6.94. The maximum Gasteiger partial charge on any atom is 0.203 e. The fourth-order valence-corrected chi connectivity index (χ4v) is 2.80. The van der Waals surface area contributed by atoms with Gasteiger partial charge in [0.1, 0.15) is 0 Å². The van der Waals surface area contributed by atoms with Crippen molar-refractivity contribution >= 4 is 29.4 Å². The van der Waals surface area contributed by atoms with Crippen LogP contribution < -0.4 is 10.9 Å². The Labute approximate surface area is 135 Å². The molecule has 1 aliphatic heterocycles. The van der Waals surface area contributed by atoms with Crippen LogP contribution >= 0.6 is 11.6 Å². The van der Waals surface area contributed by atoms with E-state index >= 15 is 0 Å². The summed E-state index contributed by atoms with van der Waals surface area (Å²) in [7, 11) is 1.95. The molecule has 2 N–H and O–H groups in total. The number of anilines is 1. The maximum atomic E-state index is 11.9. The van der Waals surface area contributed by atoms with E-state index in [1.54, 1.807) is 12.1 Å². The summed E-state index contributed by atoms with van der Waals surface area (Å²) >= 11 is 5.85. The summed E-state index contributed by atoms with van der Waals surface area (Å²) in [6, 6.07) is 7.30. The van der Waals surface area contributed by atoms with Crippen LogP contribution in [0.5, 0.6) is 0 Å². The number of likely N-dealkylation sites (N-methyl/N-ethyl adjacent to an activating group) is 1. The van der Waals surface area contributed by atoms with E-state index in [1.807, 2.05) is 33.0 Å². The van der Waals surface area contributed by atoms with Crippen LogP contribution in [0.2, 0.25) is 5.02 Å². The smallest absolute Gasteiger partial charge is 0.203 e. The summed E-state index contributed by atoms with van der Waals surface area (Å²) in [4.78, 5) is 24.9. The highest BCUT2D eigenvalue weighted by Crippen LogP contribution is 2.30. The third-order valence-corrected chi connectivity index (χ3v) is 4.37. The average molecular weight is 322 g/mol. The van der Waals surface area contributed by atoms with Gasteiger partial charge in [0.05, 0.1) is 11.6 Å². The molecule has 0 radical (unpaired) electrons. The number of benzene rings is 1.